The molecule has 3 heteroatoms. The Morgan fingerprint density at radius 2 is 1.26 bits per heavy atom. The first-order valence-corrected chi connectivity index (χ1v) is 9.53. The van der Waals surface area contributed by atoms with Crippen molar-refractivity contribution in [3.05, 3.63) is 0 Å². The third-order valence-corrected chi connectivity index (χ3v) is 8.23. The lowest BCUT2D eigenvalue weighted by atomic mass is 9.56. The molecule has 1 atom stereocenters. The third-order valence-electron chi connectivity index (χ3n) is 6.15. The number of hydrogen-bond donors (Lipinski definition) is 0. The van der Waals surface area contributed by atoms with Crippen LogP contribution in [0.1, 0.15) is 64.2 Å². The minimum atomic E-state index is -0.689. The van der Waals surface area contributed by atoms with Crippen LogP contribution in [0.15, 0.2) is 0 Å². The van der Waals surface area contributed by atoms with Crippen molar-refractivity contribution in [1.82, 2.24) is 4.31 Å². The molecule has 0 aromatic heterocycles. The molecule has 5 rings (SSSR count). The predicted molar refractivity (Wildman–Crippen MR) is 79.1 cm³/mol. The fourth-order valence-electron chi connectivity index (χ4n) is 5.73. The molecule has 1 aliphatic heterocycles. The first-order valence-electron chi connectivity index (χ1n) is 8.42. The normalized spacial score (nSPS) is 48.1. The molecule has 0 N–H and O–H groups in total. The molecule has 0 aromatic rings. The van der Waals surface area contributed by atoms with Gasteiger partial charge in [-0.3, -0.25) is 0 Å². The highest BCUT2D eigenvalue weighted by Gasteiger charge is 2.55. The molecule has 5 aliphatic rings. The van der Waals surface area contributed by atoms with Gasteiger partial charge in [0.15, 0.2) is 0 Å². The molecule has 1 saturated heterocycles. The van der Waals surface area contributed by atoms with Crippen molar-refractivity contribution >= 4 is 11.0 Å². The van der Waals surface area contributed by atoms with Gasteiger partial charge in [-0.2, -0.15) is 0 Å². The molecule has 4 saturated carbocycles. The fraction of sp³-hybridized carbons (Fsp3) is 1.00. The highest BCUT2D eigenvalue weighted by molar-refractivity contribution is 7.84. The standard InChI is InChI=1S/C16H27NOS/c18-19(17-5-3-1-2-4-6-17)16-10-13-7-14(11-16)9-15(8-13)12-16/h13-15H,1-12H2/t13?,14?,15?,16?,19-/m0/s1. The van der Waals surface area contributed by atoms with Gasteiger partial charge in [-0.25, -0.2) is 8.51 Å². The molecule has 0 spiro atoms. The van der Waals surface area contributed by atoms with Gasteiger partial charge in [0.2, 0.25) is 0 Å². The van der Waals surface area contributed by atoms with Gasteiger partial charge in [0.1, 0.15) is 11.0 Å². The maximum absolute atomic E-state index is 13.2. The van der Waals surface area contributed by atoms with E-state index in [-0.39, 0.29) is 4.75 Å². The average molecular weight is 281 g/mol. The lowest BCUT2D eigenvalue weighted by Crippen LogP contribution is -2.56. The smallest absolute Gasteiger partial charge is 0.101 e. The molecule has 0 aromatic carbocycles. The van der Waals surface area contributed by atoms with Crippen LogP contribution in [0.2, 0.25) is 0 Å². The van der Waals surface area contributed by atoms with Crippen molar-refractivity contribution < 1.29 is 4.21 Å². The van der Waals surface area contributed by atoms with Crippen LogP contribution in [0, 0.1) is 17.8 Å². The SMILES string of the molecule is O=[S@](N1CCCCCC1)C12CC3CC(CC(C3)C1)C2. The summed E-state index contributed by atoms with van der Waals surface area (Å²) >= 11 is 0. The largest absolute Gasteiger partial charge is 0.242 e. The summed E-state index contributed by atoms with van der Waals surface area (Å²) in [6.07, 6.45) is 13.4. The fourth-order valence-corrected chi connectivity index (χ4v) is 8.00. The van der Waals surface area contributed by atoms with Gasteiger partial charge in [-0.1, -0.05) is 12.8 Å². The molecule has 4 bridgehead atoms. The lowest BCUT2D eigenvalue weighted by Gasteiger charge is -2.56. The van der Waals surface area contributed by atoms with E-state index in [9.17, 15) is 4.21 Å². The van der Waals surface area contributed by atoms with Crippen molar-refractivity contribution in [2.24, 2.45) is 17.8 Å². The zero-order chi connectivity index (χ0) is 12.9. The van der Waals surface area contributed by atoms with E-state index in [0.29, 0.717) is 0 Å². The van der Waals surface area contributed by atoms with Crippen LogP contribution in [0.5, 0.6) is 0 Å². The average Bonchev–Trinajstić information content (AvgIpc) is 2.65. The van der Waals surface area contributed by atoms with Gasteiger partial charge in [0, 0.05) is 13.1 Å². The number of hydrogen-bond acceptors (Lipinski definition) is 1. The first kappa shape index (κ1) is 12.8. The van der Waals surface area contributed by atoms with Gasteiger partial charge in [-0.15, -0.1) is 0 Å². The predicted octanol–water partition coefficient (Wildman–Crippen LogP) is 3.49. The summed E-state index contributed by atoms with van der Waals surface area (Å²) in [7, 11) is -0.689. The van der Waals surface area contributed by atoms with E-state index in [1.165, 1.54) is 64.2 Å². The molecule has 19 heavy (non-hydrogen) atoms. The Morgan fingerprint density at radius 1 is 0.789 bits per heavy atom. The van der Waals surface area contributed by atoms with E-state index < -0.39 is 11.0 Å². The summed E-state index contributed by atoms with van der Waals surface area (Å²) < 4.78 is 15.8. The van der Waals surface area contributed by atoms with Crippen molar-refractivity contribution in [2.75, 3.05) is 13.1 Å². The summed E-state index contributed by atoms with van der Waals surface area (Å²) in [5.41, 5.74) is 0. The zero-order valence-electron chi connectivity index (χ0n) is 12.0. The second kappa shape index (κ2) is 4.84. The Morgan fingerprint density at radius 3 is 1.74 bits per heavy atom. The van der Waals surface area contributed by atoms with Crippen LogP contribution in [-0.4, -0.2) is 26.4 Å². The van der Waals surface area contributed by atoms with Gasteiger partial charge in [-0.05, 0) is 69.1 Å². The summed E-state index contributed by atoms with van der Waals surface area (Å²) in [6.45, 7) is 2.18. The topological polar surface area (TPSA) is 20.3 Å². The van der Waals surface area contributed by atoms with Crippen molar-refractivity contribution in [3.8, 4) is 0 Å². The van der Waals surface area contributed by atoms with Crippen LogP contribution >= 0.6 is 0 Å². The van der Waals surface area contributed by atoms with E-state index in [1.54, 1.807) is 0 Å². The molecular weight excluding hydrogens is 254 g/mol. The van der Waals surface area contributed by atoms with Crippen LogP contribution in [-0.2, 0) is 11.0 Å². The molecular formula is C16H27NOS. The van der Waals surface area contributed by atoms with E-state index in [1.807, 2.05) is 0 Å². The van der Waals surface area contributed by atoms with E-state index >= 15 is 0 Å². The second-order valence-corrected chi connectivity index (χ2v) is 9.57. The first-order chi connectivity index (χ1) is 9.25. The van der Waals surface area contributed by atoms with Gasteiger partial charge >= 0.3 is 0 Å². The van der Waals surface area contributed by atoms with Crippen molar-refractivity contribution in [1.29, 1.82) is 0 Å². The Kier molecular flexibility index (Phi) is 3.26. The van der Waals surface area contributed by atoms with E-state index in [4.69, 9.17) is 0 Å². The molecule has 4 aliphatic carbocycles. The monoisotopic (exact) mass is 281 g/mol. The van der Waals surface area contributed by atoms with Crippen LogP contribution in [0.4, 0.5) is 0 Å². The van der Waals surface area contributed by atoms with Gasteiger partial charge in [0.25, 0.3) is 0 Å². The lowest BCUT2D eigenvalue weighted by molar-refractivity contribution is 0.0340. The Balaban J connectivity index is 1.55. The molecule has 2 nitrogen and oxygen atoms in total. The molecule has 5 fully saturated rings. The van der Waals surface area contributed by atoms with E-state index in [2.05, 4.69) is 4.31 Å². The molecule has 0 radical (unpaired) electrons. The Labute approximate surface area is 119 Å². The zero-order valence-corrected chi connectivity index (χ0v) is 12.8. The van der Waals surface area contributed by atoms with Crippen molar-refractivity contribution in [2.45, 2.75) is 69.0 Å². The maximum atomic E-state index is 13.2. The Hall–Kier alpha value is 0.110. The third kappa shape index (κ3) is 2.21. The quantitative estimate of drug-likeness (QED) is 0.758. The van der Waals surface area contributed by atoms with Gasteiger partial charge in [0.05, 0.1) is 4.75 Å². The molecule has 1 heterocycles. The molecule has 0 unspecified atom stereocenters. The van der Waals surface area contributed by atoms with Crippen molar-refractivity contribution in [3.63, 3.8) is 0 Å². The van der Waals surface area contributed by atoms with Crippen LogP contribution < -0.4 is 0 Å². The highest BCUT2D eigenvalue weighted by atomic mass is 32.2. The minimum absolute atomic E-state index is 0.207. The maximum Gasteiger partial charge on any atom is 0.101 e. The molecule has 0 amide bonds. The highest BCUT2D eigenvalue weighted by Crippen LogP contribution is 2.58. The Bertz CT molecular complexity index is 338. The molecule has 108 valence electrons. The van der Waals surface area contributed by atoms with Gasteiger partial charge < -0.3 is 0 Å². The van der Waals surface area contributed by atoms with E-state index in [0.717, 1.165) is 30.8 Å². The van der Waals surface area contributed by atoms with Crippen LogP contribution in [0.25, 0.3) is 0 Å². The second-order valence-electron chi connectivity index (χ2n) is 7.69. The summed E-state index contributed by atoms with van der Waals surface area (Å²) in [5.74, 6) is 2.76. The summed E-state index contributed by atoms with van der Waals surface area (Å²) in [4.78, 5) is 0. The number of rotatable bonds is 2. The minimum Gasteiger partial charge on any atom is -0.242 e. The summed E-state index contributed by atoms with van der Waals surface area (Å²) in [5, 5.41) is 0. The summed E-state index contributed by atoms with van der Waals surface area (Å²) in [6, 6.07) is 0. The van der Waals surface area contributed by atoms with Crippen LogP contribution in [0.3, 0.4) is 0 Å². The number of nitrogens with zero attached hydrogens (tertiary/aromatic N) is 1.